The molecule has 3 nitrogen and oxygen atoms in total. The van der Waals surface area contributed by atoms with Gasteiger partial charge in [-0.1, -0.05) is 12.8 Å². The topological polar surface area (TPSA) is 33.5 Å². The van der Waals surface area contributed by atoms with Gasteiger partial charge in [0.25, 0.3) is 5.91 Å². The van der Waals surface area contributed by atoms with Crippen LogP contribution in [0.2, 0.25) is 5.22 Å². The van der Waals surface area contributed by atoms with Crippen LogP contribution in [0.25, 0.3) is 0 Å². The second kappa shape index (κ2) is 4.91. The van der Waals surface area contributed by atoms with E-state index in [0.717, 1.165) is 6.54 Å². The molecule has 1 aromatic heterocycles. The fourth-order valence-electron chi connectivity index (χ4n) is 2.31. The van der Waals surface area contributed by atoms with E-state index in [1.807, 2.05) is 7.05 Å². The fraction of sp³-hybridized carbons (Fsp3) is 0.583. The van der Waals surface area contributed by atoms with Gasteiger partial charge in [0.2, 0.25) is 5.22 Å². The van der Waals surface area contributed by atoms with E-state index in [9.17, 15) is 4.79 Å². The molecule has 0 unspecified atom stereocenters. The summed E-state index contributed by atoms with van der Waals surface area (Å²) in [5.41, 5.74) is 0.460. The normalized spacial score (nSPS) is 16.6. The molecule has 1 aliphatic carbocycles. The summed E-state index contributed by atoms with van der Waals surface area (Å²) in [7, 11) is 1.82. The minimum absolute atomic E-state index is 0.0503. The van der Waals surface area contributed by atoms with Crippen LogP contribution in [-0.2, 0) is 0 Å². The minimum atomic E-state index is -0.0503. The maximum absolute atomic E-state index is 12.0. The summed E-state index contributed by atoms with van der Waals surface area (Å²) >= 11 is 5.78. The van der Waals surface area contributed by atoms with Gasteiger partial charge in [-0.25, -0.2) is 0 Å². The van der Waals surface area contributed by atoms with Crippen molar-refractivity contribution < 1.29 is 9.21 Å². The van der Waals surface area contributed by atoms with Gasteiger partial charge >= 0.3 is 0 Å². The first-order chi connectivity index (χ1) is 7.68. The summed E-state index contributed by atoms with van der Waals surface area (Å²) in [6.45, 7) is 0.820. The van der Waals surface area contributed by atoms with Crippen molar-refractivity contribution in [2.24, 2.45) is 5.92 Å². The first-order valence-corrected chi connectivity index (χ1v) is 6.04. The molecular weight excluding hydrogens is 226 g/mol. The lowest BCUT2D eigenvalue weighted by atomic mass is 10.1. The van der Waals surface area contributed by atoms with E-state index in [1.54, 1.807) is 11.0 Å². The van der Waals surface area contributed by atoms with Crippen LogP contribution < -0.4 is 0 Å². The van der Waals surface area contributed by atoms with Gasteiger partial charge in [-0.15, -0.1) is 0 Å². The van der Waals surface area contributed by atoms with Crippen LogP contribution in [0.3, 0.4) is 0 Å². The zero-order valence-corrected chi connectivity index (χ0v) is 10.2. The van der Waals surface area contributed by atoms with Crippen molar-refractivity contribution in [1.29, 1.82) is 0 Å². The molecule has 2 rings (SSSR count). The maximum Gasteiger partial charge on any atom is 0.258 e. The summed E-state index contributed by atoms with van der Waals surface area (Å²) in [5, 5.41) is 0.184. The first-order valence-electron chi connectivity index (χ1n) is 5.67. The average Bonchev–Trinajstić information content (AvgIpc) is 2.88. The molecule has 0 saturated heterocycles. The van der Waals surface area contributed by atoms with Crippen molar-refractivity contribution in [1.82, 2.24) is 4.90 Å². The van der Waals surface area contributed by atoms with Gasteiger partial charge in [0.05, 0.1) is 11.8 Å². The zero-order valence-electron chi connectivity index (χ0n) is 9.41. The number of carbonyl (C=O) groups excluding carboxylic acids is 1. The number of hydrogen-bond acceptors (Lipinski definition) is 2. The highest BCUT2D eigenvalue weighted by Gasteiger charge is 2.22. The number of nitrogens with zero attached hydrogens (tertiary/aromatic N) is 1. The molecule has 0 aromatic carbocycles. The van der Waals surface area contributed by atoms with E-state index in [1.165, 1.54) is 31.9 Å². The zero-order chi connectivity index (χ0) is 11.5. The van der Waals surface area contributed by atoms with Crippen molar-refractivity contribution in [3.8, 4) is 0 Å². The number of amides is 1. The highest BCUT2D eigenvalue weighted by atomic mass is 35.5. The maximum atomic E-state index is 12.0. The highest BCUT2D eigenvalue weighted by molar-refractivity contribution is 6.32. The monoisotopic (exact) mass is 241 g/mol. The van der Waals surface area contributed by atoms with Gasteiger partial charge in [0.15, 0.2) is 0 Å². The van der Waals surface area contributed by atoms with E-state index in [-0.39, 0.29) is 11.1 Å². The van der Waals surface area contributed by atoms with E-state index in [2.05, 4.69) is 0 Å². The standard InChI is InChI=1S/C12H16ClNO2/c1-14(8-9-4-2-3-5-9)12(15)10-6-7-16-11(10)13/h6-7,9H,2-5,8H2,1H3. The lowest BCUT2D eigenvalue weighted by molar-refractivity contribution is 0.0773. The van der Waals surface area contributed by atoms with Crippen molar-refractivity contribution in [3.63, 3.8) is 0 Å². The Labute approximate surface area is 100 Å². The molecule has 1 fully saturated rings. The molecule has 0 bridgehead atoms. The molecule has 0 aliphatic heterocycles. The largest absolute Gasteiger partial charge is 0.452 e. The lowest BCUT2D eigenvalue weighted by Crippen LogP contribution is -2.31. The molecule has 1 heterocycles. The smallest absolute Gasteiger partial charge is 0.258 e. The highest BCUT2D eigenvalue weighted by Crippen LogP contribution is 2.26. The Morgan fingerprint density at radius 1 is 1.56 bits per heavy atom. The summed E-state index contributed by atoms with van der Waals surface area (Å²) in [5.74, 6) is 0.602. The molecule has 1 aliphatic rings. The third-order valence-electron chi connectivity index (χ3n) is 3.20. The number of halogens is 1. The number of carbonyl (C=O) groups is 1. The van der Waals surface area contributed by atoms with Gasteiger partial charge in [0, 0.05) is 13.6 Å². The fourth-order valence-corrected chi connectivity index (χ4v) is 2.51. The number of rotatable bonds is 3. The van der Waals surface area contributed by atoms with Crippen molar-refractivity contribution in [2.75, 3.05) is 13.6 Å². The van der Waals surface area contributed by atoms with Crippen LogP contribution in [0.1, 0.15) is 36.0 Å². The third-order valence-corrected chi connectivity index (χ3v) is 3.49. The Morgan fingerprint density at radius 2 is 2.25 bits per heavy atom. The molecule has 0 N–H and O–H groups in total. The molecule has 0 radical (unpaired) electrons. The second-order valence-electron chi connectivity index (χ2n) is 4.44. The third kappa shape index (κ3) is 2.40. The van der Waals surface area contributed by atoms with Gasteiger partial charge in [0.1, 0.15) is 0 Å². The van der Waals surface area contributed by atoms with Gasteiger partial charge in [-0.3, -0.25) is 4.79 Å². The molecule has 1 aromatic rings. The van der Waals surface area contributed by atoms with Gasteiger partial charge in [-0.2, -0.15) is 0 Å². The van der Waals surface area contributed by atoms with E-state index in [0.29, 0.717) is 11.5 Å². The van der Waals surface area contributed by atoms with Crippen molar-refractivity contribution in [3.05, 3.63) is 23.1 Å². The second-order valence-corrected chi connectivity index (χ2v) is 4.79. The van der Waals surface area contributed by atoms with Gasteiger partial charge < -0.3 is 9.32 Å². The van der Waals surface area contributed by atoms with Crippen LogP contribution in [0.15, 0.2) is 16.7 Å². The quantitative estimate of drug-likeness (QED) is 0.814. The summed E-state index contributed by atoms with van der Waals surface area (Å²) in [6, 6.07) is 1.62. The Balaban J connectivity index is 1.96. The molecule has 4 heteroatoms. The molecule has 1 amide bonds. The Kier molecular flexibility index (Phi) is 3.54. The van der Waals surface area contributed by atoms with Crippen molar-refractivity contribution >= 4 is 17.5 Å². The van der Waals surface area contributed by atoms with E-state index < -0.39 is 0 Å². The Morgan fingerprint density at radius 3 is 2.81 bits per heavy atom. The molecule has 0 spiro atoms. The average molecular weight is 242 g/mol. The van der Waals surface area contributed by atoms with Crippen molar-refractivity contribution in [2.45, 2.75) is 25.7 Å². The predicted octanol–water partition coefficient (Wildman–Crippen LogP) is 3.20. The van der Waals surface area contributed by atoms with Crippen LogP contribution >= 0.6 is 11.6 Å². The van der Waals surface area contributed by atoms with Crippen LogP contribution in [0.4, 0.5) is 0 Å². The number of hydrogen-bond donors (Lipinski definition) is 0. The Hall–Kier alpha value is -0.960. The molecule has 1 saturated carbocycles. The molecule has 16 heavy (non-hydrogen) atoms. The van der Waals surface area contributed by atoms with Crippen LogP contribution in [0.5, 0.6) is 0 Å². The molecular formula is C12H16ClNO2. The van der Waals surface area contributed by atoms with E-state index in [4.69, 9.17) is 16.0 Å². The summed E-state index contributed by atoms with van der Waals surface area (Å²) in [6.07, 6.45) is 6.49. The van der Waals surface area contributed by atoms with E-state index >= 15 is 0 Å². The van der Waals surface area contributed by atoms with Gasteiger partial charge in [-0.05, 0) is 36.4 Å². The predicted molar refractivity (Wildman–Crippen MR) is 62.6 cm³/mol. The Bertz CT molecular complexity index is 369. The minimum Gasteiger partial charge on any atom is -0.452 e. The lowest BCUT2D eigenvalue weighted by Gasteiger charge is -2.20. The summed E-state index contributed by atoms with van der Waals surface area (Å²) < 4.78 is 4.92. The SMILES string of the molecule is CN(CC1CCCC1)C(=O)c1ccoc1Cl. The van der Waals surface area contributed by atoms with Crippen LogP contribution in [0, 0.1) is 5.92 Å². The molecule has 88 valence electrons. The summed E-state index contributed by atoms with van der Waals surface area (Å²) in [4.78, 5) is 13.7. The molecule has 0 atom stereocenters. The first kappa shape index (κ1) is 11.5. The number of furan rings is 1. The van der Waals surface area contributed by atoms with Crippen LogP contribution in [-0.4, -0.2) is 24.4 Å².